The summed E-state index contributed by atoms with van der Waals surface area (Å²) < 4.78 is 5.28. The van der Waals surface area contributed by atoms with Gasteiger partial charge in [0, 0.05) is 6.54 Å². The number of amides is 1. The van der Waals surface area contributed by atoms with Gasteiger partial charge in [0.25, 0.3) is 0 Å². The first-order valence-electron chi connectivity index (χ1n) is 5.52. The predicted molar refractivity (Wildman–Crippen MR) is 56.1 cm³/mol. The number of rotatable bonds is 4. The van der Waals surface area contributed by atoms with Crippen LogP contribution in [0.15, 0.2) is 0 Å². The lowest BCUT2D eigenvalue weighted by atomic mass is 10.0. The molecular weight excluding hydrogens is 178 g/mol. The molecule has 0 bridgehead atoms. The van der Waals surface area contributed by atoms with Gasteiger partial charge in [0.2, 0.25) is 5.91 Å². The van der Waals surface area contributed by atoms with Crippen molar-refractivity contribution in [2.24, 2.45) is 5.92 Å². The molecule has 1 atom stereocenters. The highest BCUT2D eigenvalue weighted by Crippen LogP contribution is 2.16. The number of morpholine rings is 1. The highest BCUT2D eigenvalue weighted by molar-refractivity contribution is 5.78. The second-order valence-corrected chi connectivity index (χ2v) is 4.39. The smallest absolute Gasteiger partial charge is 0.248 e. The van der Waals surface area contributed by atoms with Crippen molar-refractivity contribution >= 4 is 5.91 Å². The van der Waals surface area contributed by atoms with Gasteiger partial charge in [-0.05, 0) is 18.8 Å². The maximum absolute atomic E-state index is 11.6. The number of ether oxygens (including phenoxy) is 1. The van der Waals surface area contributed by atoms with Crippen LogP contribution in [0.25, 0.3) is 0 Å². The Balaban J connectivity index is 2.55. The van der Waals surface area contributed by atoms with E-state index in [1.807, 2.05) is 4.90 Å². The van der Waals surface area contributed by atoms with Gasteiger partial charge in [0.1, 0.15) is 6.61 Å². The number of carbonyl (C=O) groups excluding carboxylic acids is 1. The summed E-state index contributed by atoms with van der Waals surface area (Å²) in [5.41, 5.74) is 0. The maximum Gasteiger partial charge on any atom is 0.248 e. The molecule has 1 aliphatic heterocycles. The molecule has 3 nitrogen and oxygen atoms in total. The van der Waals surface area contributed by atoms with E-state index in [9.17, 15) is 4.79 Å². The van der Waals surface area contributed by atoms with Crippen molar-refractivity contribution < 1.29 is 9.53 Å². The van der Waals surface area contributed by atoms with E-state index in [-0.39, 0.29) is 12.5 Å². The van der Waals surface area contributed by atoms with Crippen LogP contribution in [0.2, 0.25) is 0 Å². The fraction of sp³-hybridized carbons (Fsp3) is 0.909. The Morgan fingerprint density at radius 3 is 2.86 bits per heavy atom. The molecule has 3 heteroatoms. The highest BCUT2D eigenvalue weighted by Gasteiger charge is 2.28. The predicted octanol–water partition coefficient (Wildman–Crippen LogP) is 1.67. The molecule has 0 aromatic rings. The fourth-order valence-corrected chi connectivity index (χ4v) is 1.95. The summed E-state index contributed by atoms with van der Waals surface area (Å²) in [5.74, 6) is 0.776. The third kappa shape index (κ3) is 2.98. The third-order valence-electron chi connectivity index (χ3n) is 2.50. The Morgan fingerprint density at radius 1 is 1.57 bits per heavy atom. The third-order valence-corrected chi connectivity index (χ3v) is 2.50. The molecule has 0 radical (unpaired) electrons. The van der Waals surface area contributed by atoms with Gasteiger partial charge in [-0.15, -0.1) is 0 Å². The molecule has 0 aromatic heterocycles. The fourth-order valence-electron chi connectivity index (χ4n) is 1.95. The first kappa shape index (κ1) is 11.5. The van der Waals surface area contributed by atoms with Gasteiger partial charge in [-0.25, -0.2) is 0 Å². The van der Waals surface area contributed by atoms with Crippen LogP contribution in [-0.2, 0) is 9.53 Å². The van der Waals surface area contributed by atoms with Crippen molar-refractivity contribution in [3.8, 4) is 0 Å². The van der Waals surface area contributed by atoms with Gasteiger partial charge in [-0.1, -0.05) is 20.8 Å². The quantitative estimate of drug-likeness (QED) is 0.689. The molecule has 1 saturated heterocycles. The monoisotopic (exact) mass is 199 g/mol. The van der Waals surface area contributed by atoms with Crippen LogP contribution in [-0.4, -0.2) is 36.6 Å². The zero-order valence-corrected chi connectivity index (χ0v) is 9.45. The zero-order chi connectivity index (χ0) is 10.6. The van der Waals surface area contributed by atoms with Crippen LogP contribution in [0, 0.1) is 5.92 Å². The van der Waals surface area contributed by atoms with E-state index >= 15 is 0 Å². The van der Waals surface area contributed by atoms with E-state index in [0.29, 0.717) is 18.6 Å². The maximum atomic E-state index is 11.6. The molecule has 14 heavy (non-hydrogen) atoms. The molecular formula is C11H21NO2. The van der Waals surface area contributed by atoms with Crippen LogP contribution in [0.1, 0.15) is 33.6 Å². The van der Waals surface area contributed by atoms with Crippen LogP contribution >= 0.6 is 0 Å². The van der Waals surface area contributed by atoms with E-state index in [1.165, 1.54) is 0 Å². The first-order valence-corrected chi connectivity index (χ1v) is 5.52. The van der Waals surface area contributed by atoms with Crippen LogP contribution in [0.5, 0.6) is 0 Å². The minimum absolute atomic E-state index is 0.156. The van der Waals surface area contributed by atoms with Crippen molar-refractivity contribution in [2.75, 3.05) is 19.8 Å². The van der Waals surface area contributed by atoms with E-state index in [1.54, 1.807) is 0 Å². The van der Waals surface area contributed by atoms with Crippen LogP contribution in [0.4, 0.5) is 0 Å². The largest absolute Gasteiger partial charge is 0.369 e. The summed E-state index contributed by atoms with van der Waals surface area (Å²) >= 11 is 0. The molecule has 0 N–H and O–H groups in total. The Morgan fingerprint density at radius 2 is 2.29 bits per heavy atom. The molecule has 1 fully saturated rings. The summed E-state index contributed by atoms with van der Waals surface area (Å²) in [6.07, 6.45) is 2.08. The Kier molecular flexibility index (Phi) is 4.39. The highest BCUT2D eigenvalue weighted by atomic mass is 16.5. The Labute approximate surface area is 86.4 Å². The first-order chi connectivity index (χ1) is 6.65. The number of hydrogen-bond acceptors (Lipinski definition) is 2. The molecule has 0 unspecified atom stereocenters. The van der Waals surface area contributed by atoms with E-state index in [4.69, 9.17) is 4.74 Å². The van der Waals surface area contributed by atoms with Crippen LogP contribution < -0.4 is 0 Å². The van der Waals surface area contributed by atoms with Crippen molar-refractivity contribution in [3.63, 3.8) is 0 Å². The lowest BCUT2D eigenvalue weighted by Crippen LogP contribution is -2.50. The molecule has 82 valence electrons. The van der Waals surface area contributed by atoms with Gasteiger partial charge < -0.3 is 9.64 Å². The van der Waals surface area contributed by atoms with Crippen molar-refractivity contribution in [1.82, 2.24) is 4.90 Å². The Bertz CT molecular complexity index is 192. The van der Waals surface area contributed by atoms with E-state index in [2.05, 4.69) is 20.8 Å². The minimum atomic E-state index is 0.156. The standard InChI is InChI=1S/C11H21NO2/c1-4-5-12-10(6-9(2)3)7-14-8-11(12)13/h9-10H,4-8H2,1-3H3/t10-/m0/s1. The average Bonchev–Trinajstić information content (AvgIpc) is 2.10. The van der Waals surface area contributed by atoms with Gasteiger partial charge >= 0.3 is 0 Å². The van der Waals surface area contributed by atoms with Gasteiger partial charge in [0.05, 0.1) is 12.6 Å². The number of nitrogens with zero attached hydrogens (tertiary/aromatic N) is 1. The summed E-state index contributed by atoms with van der Waals surface area (Å²) in [7, 11) is 0. The lowest BCUT2D eigenvalue weighted by molar-refractivity contribution is -0.148. The molecule has 1 aliphatic rings. The number of carbonyl (C=O) groups is 1. The molecule has 0 aliphatic carbocycles. The van der Waals surface area contributed by atoms with Gasteiger partial charge in [0.15, 0.2) is 0 Å². The molecule has 1 rings (SSSR count). The normalized spacial score (nSPS) is 23.3. The topological polar surface area (TPSA) is 29.5 Å². The molecule has 0 spiro atoms. The van der Waals surface area contributed by atoms with Crippen molar-refractivity contribution in [2.45, 2.75) is 39.7 Å². The van der Waals surface area contributed by atoms with Gasteiger partial charge in [-0.3, -0.25) is 4.79 Å². The van der Waals surface area contributed by atoms with E-state index in [0.717, 1.165) is 19.4 Å². The summed E-state index contributed by atoms with van der Waals surface area (Å²) in [5, 5.41) is 0. The molecule has 1 amide bonds. The minimum Gasteiger partial charge on any atom is -0.369 e. The average molecular weight is 199 g/mol. The second-order valence-electron chi connectivity index (χ2n) is 4.39. The Hall–Kier alpha value is -0.570. The van der Waals surface area contributed by atoms with Crippen LogP contribution in [0.3, 0.4) is 0 Å². The summed E-state index contributed by atoms with van der Waals surface area (Å²) in [4.78, 5) is 13.6. The van der Waals surface area contributed by atoms with E-state index < -0.39 is 0 Å². The zero-order valence-electron chi connectivity index (χ0n) is 9.45. The number of hydrogen-bond donors (Lipinski definition) is 0. The molecule has 1 heterocycles. The SMILES string of the molecule is CCCN1C(=O)COC[C@@H]1CC(C)C. The lowest BCUT2D eigenvalue weighted by Gasteiger charge is -2.36. The summed E-state index contributed by atoms with van der Waals surface area (Å²) in [6.45, 7) is 8.33. The van der Waals surface area contributed by atoms with Crippen molar-refractivity contribution in [1.29, 1.82) is 0 Å². The molecule has 0 saturated carbocycles. The second kappa shape index (κ2) is 5.35. The molecule has 0 aromatic carbocycles. The summed E-state index contributed by atoms with van der Waals surface area (Å²) in [6, 6.07) is 0.302. The van der Waals surface area contributed by atoms with Crippen molar-refractivity contribution in [3.05, 3.63) is 0 Å². The van der Waals surface area contributed by atoms with Gasteiger partial charge in [-0.2, -0.15) is 0 Å².